The molecule has 3 nitrogen and oxygen atoms in total. The van der Waals surface area contributed by atoms with Crippen molar-refractivity contribution in [3.05, 3.63) is 42.5 Å². The molecule has 1 aliphatic carbocycles. The molecule has 0 aromatic heterocycles. The Morgan fingerprint density at radius 2 is 1.70 bits per heavy atom. The zero-order chi connectivity index (χ0) is 14.0. The molecule has 104 valence electrons. The van der Waals surface area contributed by atoms with Gasteiger partial charge in [0.2, 0.25) is 0 Å². The zero-order valence-electron chi connectivity index (χ0n) is 11.4. The minimum absolute atomic E-state index is 0.270. The predicted molar refractivity (Wildman–Crippen MR) is 80.6 cm³/mol. The molecule has 0 spiro atoms. The van der Waals surface area contributed by atoms with E-state index in [9.17, 15) is 9.90 Å². The molecule has 1 amide bonds. The number of benzene rings is 2. The van der Waals surface area contributed by atoms with Gasteiger partial charge in [-0.25, -0.2) is 0 Å². The van der Waals surface area contributed by atoms with E-state index in [1.54, 1.807) is 0 Å². The quantitative estimate of drug-likeness (QED) is 0.877. The van der Waals surface area contributed by atoms with Crippen LogP contribution in [0.25, 0.3) is 10.8 Å². The monoisotopic (exact) mass is 269 g/mol. The number of carbonyl (C=O) groups is 1. The molecule has 1 fully saturated rings. The number of carbonyl (C=O) groups excluding carboxylic acids is 1. The third-order valence-electron chi connectivity index (χ3n) is 4.14. The van der Waals surface area contributed by atoms with Crippen molar-refractivity contribution in [3.63, 3.8) is 0 Å². The molecule has 2 aromatic carbocycles. The van der Waals surface area contributed by atoms with Gasteiger partial charge in [-0.1, -0.05) is 55.7 Å². The predicted octanol–water partition coefficient (Wildman–Crippen LogP) is 3.47. The van der Waals surface area contributed by atoms with Crippen LogP contribution in [0.5, 0.6) is 0 Å². The molecule has 0 saturated heterocycles. The highest BCUT2D eigenvalue weighted by molar-refractivity contribution is 6.04. The largest absolute Gasteiger partial charge is 0.380 e. The summed E-state index contributed by atoms with van der Waals surface area (Å²) in [5, 5.41) is 15.5. The normalized spacial score (nSPS) is 17.9. The highest BCUT2D eigenvalue weighted by Gasteiger charge is 2.37. The van der Waals surface area contributed by atoms with Gasteiger partial charge in [0.25, 0.3) is 5.91 Å². The second kappa shape index (κ2) is 5.25. The van der Waals surface area contributed by atoms with Gasteiger partial charge >= 0.3 is 0 Å². The van der Waals surface area contributed by atoms with Crippen LogP contribution in [0.3, 0.4) is 0 Å². The third kappa shape index (κ3) is 2.41. The third-order valence-corrected chi connectivity index (χ3v) is 4.14. The minimum Gasteiger partial charge on any atom is -0.380 e. The van der Waals surface area contributed by atoms with E-state index in [1.165, 1.54) is 0 Å². The van der Waals surface area contributed by atoms with Crippen LogP contribution in [0.4, 0.5) is 5.69 Å². The molecule has 1 saturated carbocycles. The summed E-state index contributed by atoms with van der Waals surface area (Å²) in [5.74, 6) is -0.270. The molecule has 3 rings (SSSR count). The molecule has 2 N–H and O–H groups in total. The van der Waals surface area contributed by atoms with Crippen molar-refractivity contribution in [2.45, 2.75) is 37.7 Å². The molecule has 1 aliphatic rings. The molecule has 0 heterocycles. The van der Waals surface area contributed by atoms with Crippen LogP contribution in [0, 0.1) is 0 Å². The standard InChI is InChI=1S/C17H19NO2/c19-16(17(20)11-4-1-5-12-17)18-15-10-6-8-13-7-2-3-9-14(13)15/h2-3,6-10,20H,1,4-5,11-12H2,(H,18,19). The summed E-state index contributed by atoms with van der Waals surface area (Å²) in [7, 11) is 0. The number of amides is 1. The molecular weight excluding hydrogens is 250 g/mol. The van der Waals surface area contributed by atoms with E-state index in [2.05, 4.69) is 5.32 Å². The Kier molecular flexibility index (Phi) is 3.45. The van der Waals surface area contributed by atoms with Gasteiger partial charge in [-0.2, -0.15) is 0 Å². The maximum atomic E-state index is 12.4. The van der Waals surface area contributed by atoms with Crippen molar-refractivity contribution in [2.24, 2.45) is 0 Å². The Hall–Kier alpha value is -1.87. The summed E-state index contributed by atoms with van der Waals surface area (Å²) in [6.07, 6.45) is 4.05. The van der Waals surface area contributed by atoms with Gasteiger partial charge < -0.3 is 10.4 Å². The van der Waals surface area contributed by atoms with Gasteiger partial charge in [-0.3, -0.25) is 4.79 Å². The lowest BCUT2D eigenvalue weighted by atomic mass is 9.84. The van der Waals surface area contributed by atoms with Crippen molar-refractivity contribution in [3.8, 4) is 0 Å². The lowest BCUT2D eigenvalue weighted by molar-refractivity contribution is -0.137. The van der Waals surface area contributed by atoms with E-state index in [1.807, 2.05) is 42.5 Å². The molecule has 0 atom stereocenters. The van der Waals surface area contributed by atoms with Crippen LogP contribution in [-0.4, -0.2) is 16.6 Å². The van der Waals surface area contributed by atoms with Crippen molar-refractivity contribution in [1.29, 1.82) is 0 Å². The fourth-order valence-corrected chi connectivity index (χ4v) is 2.94. The number of hydrogen-bond acceptors (Lipinski definition) is 2. The number of hydrogen-bond donors (Lipinski definition) is 2. The first-order chi connectivity index (χ1) is 9.69. The van der Waals surface area contributed by atoms with Gasteiger partial charge in [0, 0.05) is 11.1 Å². The molecule has 20 heavy (non-hydrogen) atoms. The smallest absolute Gasteiger partial charge is 0.256 e. The van der Waals surface area contributed by atoms with Crippen LogP contribution >= 0.6 is 0 Å². The molecule has 0 radical (unpaired) electrons. The van der Waals surface area contributed by atoms with E-state index >= 15 is 0 Å². The van der Waals surface area contributed by atoms with Gasteiger partial charge in [0.05, 0.1) is 0 Å². The van der Waals surface area contributed by atoms with Gasteiger partial charge in [0.1, 0.15) is 5.60 Å². The second-order valence-electron chi connectivity index (χ2n) is 5.57. The Bertz CT molecular complexity index is 624. The molecule has 0 bridgehead atoms. The van der Waals surface area contributed by atoms with Gasteiger partial charge in [-0.05, 0) is 24.3 Å². The van der Waals surface area contributed by atoms with Crippen LogP contribution in [-0.2, 0) is 4.79 Å². The lowest BCUT2D eigenvalue weighted by Gasteiger charge is -2.30. The Labute approximate surface area is 118 Å². The van der Waals surface area contributed by atoms with E-state index in [0.29, 0.717) is 12.8 Å². The summed E-state index contributed by atoms with van der Waals surface area (Å²) in [4.78, 5) is 12.4. The SMILES string of the molecule is O=C(Nc1cccc2ccccc12)C1(O)CCCCC1. The first-order valence-electron chi connectivity index (χ1n) is 7.21. The summed E-state index contributed by atoms with van der Waals surface area (Å²) in [6.45, 7) is 0. The van der Waals surface area contributed by atoms with Gasteiger partial charge in [0.15, 0.2) is 0 Å². The van der Waals surface area contributed by atoms with Crippen LogP contribution in [0.2, 0.25) is 0 Å². The van der Waals surface area contributed by atoms with Crippen LogP contribution in [0.15, 0.2) is 42.5 Å². The zero-order valence-corrected chi connectivity index (χ0v) is 11.4. The Morgan fingerprint density at radius 1 is 1.00 bits per heavy atom. The first-order valence-corrected chi connectivity index (χ1v) is 7.21. The highest BCUT2D eigenvalue weighted by Crippen LogP contribution is 2.30. The lowest BCUT2D eigenvalue weighted by Crippen LogP contribution is -2.44. The maximum absolute atomic E-state index is 12.4. The van der Waals surface area contributed by atoms with Crippen LogP contribution in [0.1, 0.15) is 32.1 Å². The van der Waals surface area contributed by atoms with Crippen molar-refractivity contribution >= 4 is 22.4 Å². The first kappa shape index (κ1) is 13.1. The average Bonchev–Trinajstić information content (AvgIpc) is 2.48. The Morgan fingerprint density at radius 3 is 2.50 bits per heavy atom. The van der Waals surface area contributed by atoms with Crippen molar-refractivity contribution in [2.75, 3.05) is 5.32 Å². The number of fused-ring (bicyclic) bond motifs is 1. The van der Waals surface area contributed by atoms with Crippen molar-refractivity contribution < 1.29 is 9.90 Å². The number of anilines is 1. The number of rotatable bonds is 2. The fourth-order valence-electron chi connectivity index (χ4n) is 2.94. The van der Waals surface area contributed by atoms with E-state index < -0.39 is 5.60 Å². The van der Waals surface area contributed by atoms with Gasteiger partial charge in [-0.15, -0.1) is 0 Å². The average molecular weight is 269 g/mol. The molecular formula is C17H19NO2. The molecule has 2 aromatic rings. The second-order valence-corrected chi connectivity index (χ2v) is 5.57. The fraction of sp³-hybridized carbons (Fsp3) is 0.353. The van der Waals surface area contributed by atoms with E-state index in [-0.39, 0.29) is 5.91 Å². The molecule has 0 unspecified atom stereocenters. The van der Waals surface area contributed by atoms with Crippen molar-refractivity contribution in [1.82, 2.24) is 0 Å². The summed E-state index contributed by atoms with van der Waals surface area (Å²) < 4.78 is 0. The minimum atomic E-state index is -1.20. The van der Waals surface area contributed by atoms with E-state index in [4.69, 9.17) is 0 Å². The van der Waals surface area contributed by atoms with E-state index in [0.717, 1.165) is 35.7 Å². The molecule has 3 heteroatoms. The summed E-state index contributed by atoms with van der Waals surface area (Å²) in [6, 6.07) is 13.7. The molecule has 0 aliphatic heterocycles. The summed E-state index contributed by atoms with van der Waals surface area (Å²) >= 11 is 0. The number of aliphatic hydroxyl groups is 1. The van der Waals surface area contributed by atoms with Crippen LogP contribution < -0.4 is 5.32 Å². The maximum Gasteiger partial charge on any atom is 0.256 e. The summed E-state index contributed by atoms with van der Waals surface area (Å²) in [5.41, 5.74) is -0.429. The Balaban J connectivity index is 1.87. The number of nitrogens with one attached hydrogen (secondary N) is 1. The highest BCUT2D eigenvalue weighted by atomic mass is 16.3. The topological polar surface area (TPSA) is 49.3 Å².